The number of rotatable bonds is 7. The van der Waals surface area contributed by atoms with Crippen molar-refractivity contribution in [2.75, 3.05) is 0 Å². The predicted octanol–water partition coefficient (Wildman–Crippen LogP) is 3.23. The first-order chi connectivity index (χ1) is 7.56. The summed E-state index contributed by atoms with van der Waals surface area (Å²) in [6, 6.07) is 0.129. The lowest BCUT2D eigenvalue weighted by Gasteiger charge is -2.14. The highest BCUT2D eigenvalue weighted by Crippen LogP contribution is 2.20. The smallest absolute Gasteiger partial charge is 0.127 e. The molecule has 0 aliphatic carbocycles. The fraction of sp³-hybridized carbons (Fsp3) is 0.643. The van der Waals surface area contributed by atoms with Gasteiger partial charge in [-0.1, -0.05) is 30.2 Å². The maximum absolute atomic E-state index is 10.9. The Hall–Kier alpha value is -0.890. The van der Waals surface area contributed by atoms with E-state index in [1.165, 1.54) is 11.1 Å². The number of nitrogens with two attached hydrogens (primary N) is 1. The quantitative estimate of drug-likeness (QED) is 0.532. The van der Waals surface area contributed by atoms with Crippen molar-refractivity contribution in [2.24, 2.45) is 11.7 Å². The Morgan fingerprint density at radius 3 is 2.44 bits per heavy atom. The molecular weight excluding hydrogens is 198 g/mol. The van der Waals surface area contributed by atoms with Crippen LogP contribution < -0.4 is 5.73 Å². The topological polar surface area (TPSA) is 43.1 Å². The molecular formula is C14H25NO. The number of aldehydes is 1. The second kappa shape index (κ2) is 8.28. The molecule has 0 saturated carbocycles. The Morgan fingerprint density at radius 1 is 1.38 bits per heavy atom. The molecule has 0 spiro atoms. The van der Waals surface area contributed by atoms with Gasteiger partial charge in [0, 0.05) is 12.0 Å². The minimum Gasteiger partial charge on any atom is -0.324 e. The molecule has 92 valence electrons. The molecule has 0 fully saturated rings. The minimum absolute atomic E-state index is 0.0814. The Morgan fingerprint density at radius 2 is 2.00 bits per heavy atom. The van der Waals surface area contributed by atoms with E-state index in [0.717, 1.165) is 25.5 Å². The van der Waals surface area contributed by atoms with Gasteiger partial charge < -0.3 is 10.5 Å². The van der Waals surface area contributed by atoms with Crippen LogP contribution in [0.2, 0.25) is 0 Å². The number of hydrogen-bond acceptors (Lipinski definition) is 2. The van der Waals surface area contributed by atoms with Gasteiger partial charge in [-0.3, -0.25) is 0 Å². The first-order valence-corrected chi connectivity index (χ1v) is 6.06. The van der Waals surface area contributed by atoms with Crippen LogP contribution in [-0.2, 0) is 4.79 Å². The summed E-state index contributed by atoms with van der Waals surface area (Å²) in [5.41, 5.74) is 8.41. The van der Waals surface area contributed by atoms with Crippen LogP contribution >= 0.6 is 0 Å². The minimum atomic E-state index is 0.0814. The van der Waals surface area contributed by atoms with Crippen molar-refractivity contribution in [3.8, 4) is 0 Å². The molecule has 0 aromatic heterocycles. The average molecular weight is 223 g/mol. The Bertz CT molecular complexity index is 266. The highest BCUT2D eigenvalue weighted by molar-refractivity contribution is 5.58. The molecule has 2 nitrogen and oxygen atoms in total. The third-order valence-corrected chi connectivity index (χ3v) is 3.13. The lowest BCUT2D eigenvalue weighted by Crippen LogP contribution is -2.16. The fourth-order valence-corrected chi connectivity index (χ4v) is 1.74. The highest BCUT2D eigenvalue weighted by Gasteiger charge is 2.09. The van der Waals surface area contributed by atoms with Crippen LogP contribution in [0.5, 0.6) is 0 Å². The van der Waals surface area contributed by atoms with Gasteiger partial charge in [0.2, 0.25) is 0 Å². The van der Waals surface area contributed by atoms with E-state index in [9.17, 15) is 4.79 Å². The van der Waals surface area contributed by atoms with Crippen molar-refractivity contribution in [3.05, 3.63) is 23.3 Å². The summed E-state index contributed by atoms with van der Waals surface area (Å²) in [6.45, 7) is 8.18. The summed E-state index contributed by atoms with van der Waals surface area (Å²) >= 11 is 0. The summed E-state index contributed by atoms with van der Waals surface area (Å²) < 4.78 is 0. The van der Waals surface area contributed by atoms with Gasteiger partial charge >= 0.3 is 0 Å². The van der Waals surface area contributed by atoms with Crippen molar-refractivity contribution >= 4 is 6.29 Å². The van der Waals surface area contributed by atoms with Crippen molar-refractivity contribution in [1.82, 2.24) is 0 Å². The molecule has 0 heterocycles. The maximum Gasteiger partial charge on any atom is 0.127 e. The van der Waals surface area contributed by atoms with E-state index >= 15 is 0 Å². The summed E-state index contributed by atoms with van der Waals surface area (Å²) in [4.78, 5) is 10.9. The molecule has 0 rings (SSSR count). The lowest BCUT2D eigenvalue weighted by atomic mass is 9.92. The molecule has 2 unspecified atom stereocenters. The normalized spacial score (nSPS) is 17.1. The van der Waals surface area contributed by atoms with Crippen molar-refractivity contribution in [2.45, 2.75) is 53.0 Å². The van der Waals surface area contributed by atoms with Gasteiger partial charge in [0.25, 0.3) is 0 Å². The third-order valence-electron chi connectivity index (χ3n) is 3.13. The molecule has 0 amide bonds. The van der Waals surface area contributed by atoms with E-state index < -0.39 is 0 Å². The van der Waals surface area contributed by atoms with Crippen molar-refractivity contribution in [3.63, 3.8) is 0 Å². The van der Waals surface area contributed by atoms with Gasteiger partial charge in [0.1, 0.15) is 6.29 Å². The van der Waals surface area contributed by atoms with E-state index in [2.05, 4.69) is 13.8 Å². The van der Waals surface area contributed by atoms with Crippen LogP contribution in [0, 0.1) is 5.92 Å². The molecule has 16 heavy (non-hydrogen) atoms. The second-order valence-corrected chi connectivity index (χ2v) is 4.34. The predicted molar refractivity (Wildman–Crippen MR) is 70.2 cm³/mol. The van der Waals surface area contributed by atoms with E-state index in [0.29, 0.717) is 0 Å². The van der Waals surface area contributed by atoms with Gasteiger partial charge in [-0.2, -0.15) is 0 Å². The van der Waals surface area contributed by atoms with Gasteiger partial charge in [0.15, 0.2) is 0 Å². The molecule has 0 saturated heterocycles. The van der Waals surface area contributed by atoms with Crippen molar-refractivity contribution in [1.29, 1.82) is 0 Å². The van der Waals surface area contributed by atoms with Crippen molar-refractivity contribution < 1.29 is 4.79 Å². The zero-order chi connectivity index (χ0) is 12.6. The number of carbonyl (C=O) groups is 1. The molecule has 0 aromatic carbocycles. The standard InChI is InChI=1S/C14H25NO/c1-5-7-14(15)9-8-11(3)12(4)13(6-2)10-16/h5,7,10,13-14H,6,8-9,15H2,1-4H3/b7-5+,12-11+. The molecule has 0 aromatic rings. The van der Waals surface area contributed by atoms with Gasteiger partial charge in [0.05, 0.1) is 0 Å². The van der Waals surface area contributed by atoms with E-state index in [1.54, 1.807) is 0 Å². The Kier molecular flexibility index (Phi) is 7.82. The molecule has 0 aliphatic heterocycles. The molecule has 2 heteroatoms. The Balaban J connectivity index is 4.36. The first kappa shape index (κ1) is 15.1. The van der Waals surface area contributed by atoms with Gasteiger partial charge in [-0.25, -0.2) is 0 Å². The fourth-order valence-electron chi connectivity index (χ4n) is 1.74. The summed E-state index contributed by atoms with van der Waals surface area (Å²) in [5.74, 6) is 0.0814. The highest BCUT2D eigenvalue weighted by atomic mass is 16.1. The summed E-state index contributed by atoms with van der Waals surface area (Å²) in [7, 11) is 0. The second-order valence-electron chi connectivity index (χ2n) is 4.34. The number of hydrogen-bond donors (Lipinski definition) is 1. The molecule has 0 aliphatic rings. The maximum atomic E-state index is 10.9. The molecule has 2 atom stereocenters. The zero-order valence-electron chi connectivity index (χ0n) is 11.0. The average Bonchev–Trinajstić information content (AvgIpc) is 2.27. The molecule has 0 radical (unpaired) electrons. The molecule has 0 bridgehead atoms. The lowest BCUT2D eigenvalue weighted by molar-refractivity contribution is -0.110. The number of carbonyl (C=O) groups excluding carboxylic acids is 1. The van der Waals surface area contributed by atoms with Crippen LogP contribution in [0.3, 0.4) is 0 Å². The van der Waals surface area contributed by atoms with Gasteiger partial charge in [-0.15, -0.1) is 0 Å². The monoisotopic (exact) mass is 223 g/mol. The van der Waals surface area contributed by atoms with E-state index in [-0.39, 0.29) is 12.0 Å². The molecule has 2 N–H and O–H groups in total. The van der Waals surface area contributed by atoms with Crippen LogP contribution in [0.25, 0.3) is 0 Å². The summed E-state index contributed by atoms with van der Waals surface area (Å²) in [5, 5.41) is 0. The van der Waals surface area contributed by atoms with E-state index in [4.69, 9.17) is 5.73 Å². The Labute approximate surface area is 99.6 Å². The summed E-state index contributed by atoms with van der Waals surface area (Å²) in [6.07, 6.45) is 7.85. The van der Waals surface area contributed by atoms with Gasteiger partial charge in [-0.05, 0) is 40.0 Å². The first-order valence-electron chi connectivity index (χ1n) is 6.06. The zero-order valence-corrected chi connectivity index (χ0v) is 11.0. The van der Waals surface area contributed by atoms with Crippen LogP contribution in [0.15, 0.2) is 23.3 Å². The van der Waals surface area contributed by atoms with Crippen LogP contribution in [0.1, 0.15) is 47.0 Å². The SMILES string of the molecule is C/C=C/C(N)CC/C(C)=C(\C)C(C=O)CC. The number of allylic oxidation sites excluding steroid dienone is 3. The van der Waals surface area contributed by atoms with Crippen LogP contribution in [0.4, 0.5) is 0 Å². The van der Waals surface area contributed by atoms with E-state index in [1.807, 2.05) is 26.0 Å². The largest absolute Gasteiger partial charge is 0.324 e. The third kappa shape index (κ3) is 5.26. The van der Waals surface area contributed by atoms with Crippen LogP contribution in [-0.4, -0.2) is 12.3 Å².